The predicted octanol–water partition coefficient (Wildman–Crippen LogP) is 3.25. The summed E-state index contributed by atoms with van der Waals surface area (Å²) >= 11 is 6.78. The number of aromatic hydroxyl groups is 1. The Bertz CT molecular complexity index is 1180. The minimum absolute atomic E-state index is 0.0715. The van der Waals surface area contributed by atoms with Crippen LogP contribution in [0.2, 0.25) is 5.02 Å². The summed E-state index contributed by atoms with van der Waals surface area (Å²) < 4.78 is 6.19. The van der Waals surface area contributed by atoms with Crippen LogP contribution in [-0.2, 0) is 4.79 Å². The number of phenolic OH excluding ortho intramolecular Hbond substituents is 1. The molecule has 0 bridgehead atoms. The SMILES string of the molecule is C=CC(=O)N1CCN2c3ncnc4cc(-c5ccccc5O)c(Cl)c(c34)OCC2C1. The second-order valence-corrected chi connectivity index (χ2v) is 7.70. The molecule has 0 radical (unpaired) electrons. The largest absolute Gasteiger partial charge is 0.507 e. The first-order valence-electron chi connectivity index (χ1n) is 9.65. The van der Waals surface area contributed by atoms with Gasteiger partial charge in [0.05, 0.1) is 22.0 Å². The third-order valence-corrected chi connectivity index (χ3v) is 6.03. The van der Waals surface area contributed by atoms with Crippen LogP contribution in [0.5, 0.6) is 11.5 Å². The van der Waals surface area contributed by atoms with Crippen LogP contribution in [0.25, 0.3) is 22.0 Å². The van der Waals surface area contributed by atoms with E-state index in [1.54, 1.807) is 23.1 Å². The Balaban J connectivity index is 1.65. The first kappa shape index (κ1) is 18.7. The van der Waals surface area contributed by atoms with Crippen LogP contribution in [0.15, 0.2) is 49.3 Å². The molecule has 3 heterocycles. The van der Waals surface area contributed by atoms with Gasteiger partial charge >= 0.3 is 0 Å². The molecule has 0 saturated carbocycles. The highest BCUT2D eigenvalue weighted by molar-refractivity contribution is 6.36. The monoisotopic (exact) mass is 422 g/mol. The number of piperazine rings is 1. The number of anilines is 1. The molecule has 1 atom stereocenters. The Hall–Kier alpha value is -3.32. The molecule has 1 amide bonds. The van der Waals surface area contributed by atoms with Crippen molar-refractivity contribution < 1.29 is 14.6 Å². The van der Waals surface area contributed by atoms with Crippen LogP contribution in [0.3, 0.4) is 0 Å². The molecule has 0 spiro atoms. The summed E-state index contributed by atoms with van der Waals surface area (Å²) in [5.41, 5.74) is 1.93. The number of fused-ring (bicyclic) bond motifs is 2. The van der Waals surface area contributed by atoms with Gasteiger partial charge in [-0.05, 0) is 18.2 Å². The van der Waals surface area contributed by atoms with E-state index in [2.05, 4.69) is 21.4 Å². The summed E-state index contributed by atoms with van der Waals surface area (Å²) in [7, 11) is 0. The fourth-order valence-corrected chi connectivity index (χ4v) is 4.49. The zero-order valence-corrected chi connectivity index (χ0v) is 16.8. The highest BCUT2D eigenvalue weighted by Gasteiger charge is 2.35. The number of benzene rings is 2. The van der Waals surface area contributed by atoms with Crippen molar-refractivity contribution in [2.24, 2.45) is 0 Å². The van der Waals surface area contributed by atoms with E-state index in [0.29, 0.717) is 53.7 Å². The molecule has 1 N–H and O–H groups in total. The van der Waals surface area contributed by atoms with Crippen LogP contribution in [-0.4, -0.2) is 58.2 Å². The lowest BCUT2D eigenvalue weighted by molar-refractivity contribution is -0.126. The molecular formula is C22H19ClN4O3. The van der Waals surface area contributed by atoms with Gasteiger partial charge in [-0.25, -0.2) is 9.97 Å². The molecule has 1 saturated heterocycles. The van der Waals surface area contributed by atoms with E-state index >= 15 is 0 Å². The van der Waals surface area contributed by atoms with Crippen molar-refractivity contribution in [2.75, 3.05) is 31.1 Å². The van der Waals surface area contributed by atoms with E-state index in [-0.39, 0.29) is 17.7 Å². The second kappa shape index (κ2) is 7.18. The maximum Gasteiger partial charge on any atom is 0.246 e. The molecule has 1 fully saturated rings. The standard InChI is InChI=1S/C22H19ClN4O3/c1-2-18(29)26-7-8-27-13(10-26)11-30-21-19-16(24-12-25-22(19)27)9-15(20(21)23)14-5-3-4-6-17(14)28/h2-6,9,12-13,28H,1,7-8,10-11H2. The minimum atomic E-state index is -0.0934. The number of carbonyl (C=O) groups is 1. The quantitative estimate of drug-likeness (QED) is 0.639. The average Bonchev–Trinajstić information content (AvgIpc) is 2.94. The maximum atomic E-state index is 12.1. The van der Waals surface area contributed by atoms with E-state index in [4.69, 9.17) is 16.3 Å². The fraction of sp³-hybridized carbons (Fsp3) is 0.227. The van der Waals surface area contributed by atoms with Crippen molar-refractivity contribution in [3.8, 4) is 22.6 Å². The number of phenols is 1. The number of aromatic nitrogens is 2. The number of ether oxygens (including phenoxy) is 1. The Kier molecular flexibility index (Phi) is 4.47. The Morgan fingerprint density at radius 1 is 1.27 bits per heavy atom. The number of para-hydroxylation sites is 1. The number of hydrogen-bond donors (Lipinski definition) is 1. The van der Waals surface area contributed by atoms with Crippen molar-refractivity contribution in [1.29, 1.82) is 0 Å². The predicted molar refractivity (Wildman–Crippen MR) is 115 cm³/mol. The Morgan fingerprint density at radius 3 is 2.90 bits per heavy atom. The highest BCUT2D eigenvalue weighted by Crippen LogP contribution is 2.47. The number of rotatable bonds is 2. The number of halogens is 1. The molecule has 1 unspecified atom stereocenters. The van der Waals surface area contributed by atoms with E-state index in [9.17, 15) is 9.90 Å². The third kappa shape index (κ3) is 2.85. The molecule has 0 aliphatic carbocycles. The summed E-state index contributed by atoms with van der Waals surface area (Å²) in [5.74, 6) is 1.28. The van der Waals surface area contributed by atoms with Crippen LogP contribution >= 0.6 is 11.6 Å². The van der Waals surface area contributed by atoms with Crippen molar-refractivity contribution in [3.05, 3.63) is 54.3 Å². The topological polar surface area (TPSA) is 78.8 Å². The smallest absolute Gasteiger partial charge is 0.246 e. The summed E-state index contributed by atoms with van der Waals surface area (Å²) in [5, 5.41) is 11.5. The van der Waals surface area contributed by atoms with Gasteiger partial charge in [0.25, 0.3) is 0 Å². The van der Waals surface area contributed by atoms with E-state index in [1.165, 1.54) is 12.4 Å². The van der Waals surface area contributed by atoms with E-state index in [1.807, 2.05) is 12.1 Å². The number of carbonyl (C=O) groups excluding carboxylic acids is 1. The van der Waals surface area contributed by atoms with Gasteiger partial charge in [-0.3, -0.25) is 4.79 Å². The van der Waals surface area contributed by atoms with Crippen LogP contribution in [0.4, 0.5) is 5.82 Å². The lowest BCUT2D eigenvalue weighted by Crippen LogP contribution is -2.56. The average molecular weight is 423 g/mol. The minimum Gasteiger partial charge on any atom is -0.507 e. The van der Waals surface area contributed by atoms with Crippen molar-refractivity contribution in [3.63, 3.8) is 0 Å². The number of hydrogen-bond acceptors (Lipinski definition) is 6. The van der Waals surface area contributed by atoms with Crippen LogP contribution < -0.4 is 9.64 Å². The first-order chi connectivity index (χ1) is 14.6. The molecule has 3 aromatic rings. The lowest BCUT2D eigenvalue weighted by Gasteiger charge is -2.40. The van der Waals surface area contributed by atoms with Crippen molar-refractivity contribution in [2.45, 2.75) is 6.04 Å². The van der Waals surface area contributed by atoms with Gasteiger partial charge in [0, 0.05) is 30.8 Å². The summed E-state index contributed by atoms with van der Waals surface area (Å²) in [6.07, 6.45) is 2.86. The van der Waals surface area contributed by atoms with Crippen molar-refractivity contribution >= 4 is 34.2 Å². The van der Waals surface area contributed by atoms with Gasteiger partial charge in [0.1, 0.15) is 24.5 Å². The molecule has 2 aliphatic heterocycles. The number of amides is 1. The van der Waals surface area contributed by atoms with E-state index < -0.39 is 0 Å². The van der Waals surface area contributed by atoms with E-state index in [0.717, 1.165) is 11.2 Å². The van der Waals surface area contributed by atoms with Gasteiger partial charge < -0.3 is 19.6 Å². The van der Waals surface area contributed by atoms with Gasteiger partial charge in [0.2, 0.25) is 5.91 Å². The van der Waals surface area contributed by atoms with Gasteiger partial charge in [-0.15, -0.1) is 0 Å². The fourth-order valence-electron chi connectivity index (χ4n) is 4.19. The summed E-state index contributed by atoms with van der Waals surface area (Å²) in [6, 6.07) is 8.79. The molecule has 1 aromatic heterocycles. The Morgan fingerprint density at radius 2 is 2.10 bits per heavy atom. The second-order valence-electron chi connectivity index (χ2n) is 7.32. The van der Waals surface area contributed by atoms with Crippen LogP contribution in [0.1, 0.15) is 0 Å². The Labute approximate surface area is 178 Å². The zero-order valence-electron chi connectivity index (χ0n) is 16.1. The molecule has 7 nitrogen and oxygen atoms in total. The molecular weight excluding hydrogens is 404 g/mol. The van der Waals surface area contributed by atoms with Gasteiger partial charge in [-0.2, -0.15) is 0 Å². The highest BCUT2D eigenvalue weighted by atomic mass is 35.5. The summed E-state index contributed by atoms with van der Waals surface area (Å²) in [6.45, 7) is 5.63. The molecule has 2 aliphatic rings. The zero-order chi connectivity index (χ0) is 20.8. The van der Waals surface area contributed by atoms with Gasteiger partial charge in [0.15, 0.2) is 5.75 Å². The first-order valence-corrected chi connectivity index (χ1v) is 10.0. The van der Waals surface area contributed by atoms with Gasteiger partial charge in [-0.1, -0.05) is 36.4 Å². The summed E-state index contributed by atoms with van der Waals surface area (Å²) in [4.78, 5) is 25.0. The lowest BCUT2D eigenvalue weighted by atomic mass is 10.0. The number of nitrogens with zero attached hydrogens (tertiary/aromatic N) is 4. The molecule has 5 rings (SSSR count). The maximum absolute atomic E-state index is 12.1. The normalized spacial score (nSPS) is 17.8. The molecule has 8 heteroatoms. The van der Waals surface area contributed by atoms with Crippen molar-refractivity contribution in [1.82, 2.24) is 14.9 Å². The van der Waals surface area contributed by atoms with Crippen LogP contribution in [0, 0.1) is 0 Å². The molecule has 152 valence electrons. The third-order valence-electron chi connectivity index (χ3n) is 5.66. The molecule has 30 heavy (non-hydrogen) atoms. The molecule has 2 aromatic carbocycles.